The molecule has 0 saturated carbocycles. The number of halogens is 1. The summed E-state index contributed by atoms with van der Waals surface area (Å²) in [5, 5.41) is 5.66. The largest absolute Gasteiger partial charge is 0.347 e. The molecule has 0 atom stereocenters. The Labute approximate surface area is 133 Å². The molecule has 2 rings (SSSR count). The fraction of sp³-hybridized carbons (Fsp3) is 0.556. The van der Waals surface area contributed by atoms with Crippen molar-refractivity contribution >= 4 is 22.5 Å². The zero-order chi connectivity index (χ0) is 15.1. The highest BCUT2D eigenvalue weighted by atomic mass is 35.5. The van der Waals surface area contributed by atoms with Crippen LogP contribution >= 0.6 is 11.6 Å². The number of nitrogens with zero attached hydrogens (tertiary/aromatic N) is 1. The molecular formula is C18H27ClN2. The van der Waals surface area contributed by atoms with Gasteiger partial charge in [-0.15, -0.1) is 0 Å². The normalized spacial score (nSPS) is 11.4. The molecule has 0 amide bonds. The van der Waals surface area contributed by atoms with Crippen LogP contribution in [-0.2, 0) is 13.1 Å². The van der Waals surface area contributed by atoms with E-state index in [1.54, 1.807) is 0 Å². The number of hydrogen-bond donors (Lipinski definition) is 1. The van der Waals surface area contributed by atoms with Gasteiger partial charge in [0.2, 0.25) is 0 Å². The van der Waals surface area contributed by atoms with Crippen molar-refractivity contribution in [3.63, 3.8) is 0 Å². The number of aromatic nitrogens is 1. The molecule has 2 nitrogen and oxygen atoms in total. The zero-order valence-electron chi connectivity index (χ0n) is 13.3. The van der Waals surface area contributed by atoms with Crippen molar-refractivity contribution in [3.05, 3.63) is 35.0 Å². The molecule has 1 heterocycles. The molecule has 2 aromatic rings. The number of nitrogens with one attached hydrogen (secondary N) is 1. The number of benzene rings is 1. The van der Waals surface area contributed by atoms with Gasteiger partial charge in [-0.1, -0.05) is 50.8 Å². The van der Waals surface area contributed by atoms with E-state index < -0.39 is 0 Å². The lowest BCUT2D eigenvalue weighted by Gasteiger charge is -2.05. The Hall–Kier alpha value is -0.990. The van der Waals surface area contributed by atoms with Gasteiger partial charge in [-0.25, -0.2) is 0 Å². The highest BCUT2D eigenvalue weighted by molar-refractivity contribution is 6.31. The van der Waals surface area contributed by atoms with Gasteiger partial charge < -0.3 is 9.88 Å². The molecule has 0 fully saturated rings. The van der Waals surface area contributed by atoms with Gasteiger partial charge in [-0.2, -0.15) is 0 Å². The topological polar surface area (TPSA) is 17.0 Å². The lowest BCUT2D eigenvalue weighted by Crippen LogP contribution is -2.13. The first-order chi connectivity index (χ1) is 10.3. The molecule has 0 aliphatic rings. The first-order valence-electron chi connectivity index (χ1n) is 8.24. The number of aryl methyl sites for hydroxylation is 1. The van der Waals surface area contributed by atoms with Gasteiger partial charge in [0, 0.05) is 35.2 Å². The maximum atomic E-state index is 6.18. The number of fused-ring (bicyclic) bond motifs is 1. The third-order valence-electron chi connectivity index (χ3n) is 3.92. The van der Waals surface area contributed by atoms with Gasteiger partial charge in [0.25, 0.3) is 0 Å². The summed E-state index contributed by atoms with van der Waals surface area (Å²) in [6.45, 7) is 7.54. The number of rotatable bonds is 9. The van der Waals surface area contributed by atoms with Gasteiger partial charge in [-0.05, 0) is 37.1 Å². The van der Waals surface area contributed by atoms with E-state index in [0.717, 1.165) is 24.7 Å². The number of hydrogen-bond acceptors (Lipinski definition) is 1. The van der Waals surface area contributed by atoms with E-state index in [1.807, 2.05) is 6.07 Å². The second kappa shape index (κ2) is 8.45. The molecule has 0 spiro atoms. The Morgan fingerprint density at radius 3 is 2.71 bits per heavy atom. The Bertz CT molecular complexity index is 560. The van der Waals surface area contributed by atoms with E-state index in [4.69, 9.17) is 11.6 Å². The molecule has 0 unspecified atom stereocenters. The fourth-order valence-electron chi connectivity index (χ4n) is 2.78. The quantitative estimate of drug-likeness (QED) is 0.616. The fourth-order valence-corrected chi connectivity index (χ4v) is 2.94. The van der Waals surface area contributed by atoms with Crippen molar-refractivity contribution in [2.45, 2.75) is 59.0 Å². The summed E-state index contributed by atoms with van der Waals surface area (Å²) < 4.78 is 2.37. The predicted octanol–water partition coefficient (Wildman–Crippen LogP) is 5.37. The molecule has 1 N–H and O–H groups in total. The first kappa shape index (κ1) is 16.4. The molecule has 21 heavy (non-hydrogen) atoms. The zero-order valence-corrected chi connectivity index (χ0v) is 14.0. The molecule has 1 aromatic heterocycles. The van der Waals surface area contributed by atoms with Crippen molar-refractivity contribution in [2.75, 3.05) is 6.54 Å². The molecule has 0 aliphatic carbocycles. The van der Waals surface area contributed by atoms with Crippen LogP contribution in [-0.4, -0.2) is 11.1 Å². The van der Waals surface area contributed by atoms with E-state index in [9.17, 15) is 0 Å². The van der Waals surface area contributed by atoms with Crippen LogP contribution in [0.4, 0.5) is 0 Å². The van der Waals surface area contributed by atoms with Gasteiger partial charge in [-0.3, -0.25) is 0 Å². The molecule has 1 aromatic carbocycles. The van der Waals surface area contributed by atoms with E-state index in [1.165, 1.54) is 48.6 Å². The Morgan fingerprint density at radius 1 is 1.10 bits per heavy atom. The number of unbranched alkanes of at least 4 members (excludes halogenated alkanes) is 3. The minimum absolute atomic E-state index is 0.823. The van der Waals surface area contributed by atoms with Crippen molar-refractivity contribution < 1.29 is 0 Å². The molecular weight excluding hydrogens is 280 g/mol. The van der Waals surface area contributed by atoms with E-state index in [2.05, 4.69) is 42.1 Å². The lowest BCUT2D eigenvalue weighted by atomic mass is 10.2. The van der Waals surface area contributed by atoms with Gasteiger partial charge >= 0.3 is 0 Å². The predicted molar refractivity (Wildman–Crippen MR) is 93.1 cm³/mol. The maximum absolute atomic E-state index is 6.18. The van der Waals surface area contributed by atoms with Gasteiger partial charge in [0.05, 0.1) is 0 Å². The summed E-state index contributed by atoms with van der Waals surface area (Å²) >= 11 is 6.18. The average Bonchev–Trinajstić information content (AvgIpc) is 2.81. The SMILES string of the molecule is CCCCCCn1cc(CNCCC)c2ccc(Cl)cc21. The third kappa shape index (κ3) is 4.49. The van der Waals surface area contributed by atoms with E-state index in [0.29, 0.717) is 0 Å². The van der Waals surface area contributed by atoms with Crippen LogP contribution < -0.4 is 5.32 Å². The monoisotopic (exact) mass is 306 g/mol. The minimum atomic E-state index is 0.823. The minimum Gasteiger partial charge on any atom is -0.347 e. The highest BCUT2D eigenvalue weighted by Crippen LogP contribution is 2.25. The Morgan fingerprint density at radius 2 is 1.95 bits per heavy atom. The standard InChI is InChI=1S/C18H27ClN2/c1-3-5-6-7-11-21-14-15(13-20-10-4-2)17-9-8-16(19)12-18(17)21/h8-9,12,14,20H,3-7,10-11,13H2,1-2H3. The summed E-state index contributed by atoms with van der Waals surface area (Å²) in [7, 11) is 0. The van der Waals surface area contributed by atoms with Crippen LogP contribution in [0.2, 0.25) is 5.02 Å². The van der Waals surface area contributed by atoms with E-state index >= 15 is 0 Å². The Kier molecular flexibility index (Phi) is 6.59. The van der Waals surface area contributed by atoms with Crippen LogP contribution in [0, 0.1) is 0 Å². The summed E-state index contributed by atoms with van der Waals surface area (Å²) in [5.41, 5.74) is 2.65. The molecule has 0 radical (unpaired) electrons. The summed E-state index contributed by atoms with van der Waals surface area (Å²) in [6.07, 6.45) is 8.62. The van der Waals surface area contributed by atoms with E-state index in [-0.39, 0.29) is 0 Å². The molecule has 0 saturated heterocycles. The van der Waals surface area contributed by atoms with Gasteiger partial charge in [0.1, 0.15) is 0 Å². The summed E-state index contributed by atoms with van der Waals surface area (Å²) in [4.78, 5) is 0. The van der Waals surface area contributed by atoms with Crippen molar-refractivity contribution in [2.24, 2.45) is 0 Å². The van der Waals surface area contributed by atoms with Crippen LogP contribution in [0.3, 0.4) is 0 Å². The Balaban J connectivity index is 2.16. The molecule has 0 aliphatic heterocycles. The molecule has 116 valence electrons. The average molecular weight is 307 g/mol. The van der Waals surface area contributed by atoms with Crippen molar-refractivity contribution in [1.29, 1.82) is 0 Å². The second-order valence-corrected chi connectivity index (χ2v) is 6.18. The van der Waals surface area contributed by atoms with Gasteiger partial charge in [0.15, 0.2) is 0 Å². The molecule has 3 heteroatoms. The maximum Gasteiger partial charge on any atom is 0.0498 e. The van der Waals surface area contributed by atoms with Crippen LogP contribution in [0.15, 0.2) is 24.4 Å². The highest BCUT2D eigenvalue weighted by Gasteiger charge is 2.08. The smallest absolute Gasteiger partial charge is 0.0498 e. The lowest BCUT2D eigenvalue weighted by molar-refractivity contribution is 0.591. The first-order valence-corrected chi connectivity index (χ1v) is 8.62. The van der Waals surface area contributed by atoms with Crippen LogP contribution in [0.25, 0.3) is 10.9 Å². The third-order valence-corrected chi connectivity index (χ3v) is 4.16. The van der Waals surface area contributed by atoms with Crippen molar-refractivity contribution in [1.82, 2.24) is 9.88 Å². The van der Waals surface area contributed by atoms with Crippen LogP contribution in [0.5, 0.6) is 0 Å². The van der Waals surface area contributed by atoms with Crippen molar-refractivity contribution in [3.8, 4) is 0 Å². The second-order valence-electron chi connectivity index (χ2n) is 5.75. The molecule has 0 bridgehead atoms. The van der Waals surface area contributed by atoms with Crippen LogP contribution in [0.1, 0.15) is 51.5 Å². The summed E-state index contributed by atoms with van der Waals surface area (Å²) in [6, 6.07) is 6.25. The summed E-state index contributed by atoms with van der Waals surface area (Å²) in [5.74, 6) is 0.